The van der Waals surface area contributed by atoms with Crippen LogP contribution in [0.25, 0.3) is 11.6 Å². The summed E-state index contributed by atoms with van der Waals surface area (Å²) >= 11 is 23.0. The number of hydrogen-bond donors (Lipinski definition) is 2. The number of carbonyl (C=O) groups is 3. The average molecular weight is 600 g/mol. The molecule has 0 saturated carbocycles. The van der Waals surface area contributed by atoms with Gasteiger partial charge in [0.1, 0.15) is 0 Å². The van der Waals surface area contributed by atoms with E-state index in [2.05, 4.69) is 20.6 Å². The van der Waals surface area contributed by atoms with E-state index in [1.165, 1.54) is 12.4 Å². The lowest BCUT2D eigenvalue weighted by molar-refractivity contribution is -0.115. The molecule has 11 heteroatoms. The molecule has 2 aliphatic rings. The van der Waals surface area contributed by atoms with Crippen molar-refractivity contribution >= 4 is 87.5 Å². The summed E-state index contributed by atoms with van der Waals surface area (Å²) in [5, 5.41) is 7.76. The van der Waals surface area contributed by atoms with Gasteiger partial charge in [0.25, 0.3) is 5.91 Å². The Morgan fingerprint density at radius 3 is 1.95 bits per heavy atom. The molecule has 6 rings (SSSR count). The molecule has 196 valence electrons. The van der Waals surface area contributed by atoms with Crippen molar-refractivity contribution in [3.8, 4) is 0 Å². The maximum absolute atomic E-state index is 12.0. The molecule has 0 unspecified atom stereocenters. The Kier molecular flexibility index (Phi) is 9.32. The van der Waals surface area contributed by atoms with Gasteiger partial charge in [0.15, 0.2) is 6.29 Å². The predicted octanol–water partition coefficient (Wildman–Crippen LogP) is 7.26. The van der Waals surface area contributed by atoms with Crippen molar-refractivity contribution in [3.05, 3.63) is 116 Å². The molecule has 0 aliphatic carbocycles. The van der Waals surface area contributed by atoms with Gasteiger partial charge in [0.05, 0.1) is 22.2 Å². The van der Waals surface area contributed by atoms with Crippen molar-refractivity contribution < 1.29 is 14.4 Å². The fourth-order valence-electron chi connectivity index (χ4n) is 3.66. The first-order valence-electron chi connectivity index (χ1n) is 11.3. The summed E-state index contributed by atoms with van der Waals surface area (Å²) in [5.74, 6) is -0.112. The fourth-order valence-corrected chi connectivity index (χ4v) is 4.37. The van der Waals surface area contributed by atoms with E-state index < -0.39 is 0 Å². The summed E-state index contributed by atoms with van der Waals surface area (Å²) in [6.45, 7) is 0. The summed E-state index contributed by atoms with van der Waals surface area (Å²) in [5.41, 5.74) is 5.29. The number of halogens is 4. The Labute approximate surface area is 243 Å². The number of nitrogens with one attached hydrogen (secondary N) is 2. The van der Waals surface area contributed by atoms with E-state index in [1.807, 2.05) is 12.1 Å². The maximum Gasteiger partial charge on any atom is 0.256 e. The predicted molar refractivity (Wildman–Crippen MR) is 156 cm³/mol. The first kappa shape index (κ1) is 28.3. The molecule has 4 aromatic rings. The van der Waals surface area contributed by atoms with Gasteiger partial charge in [-0.05, 0) is 53.6 Å². The summed E-state index contributed by atoms with van der Waals surface area (Å²) < 4.78 is 0. The van der Waals surface area contributed by atoms with Crippen LogP contribution in [0.1, 0.15) is 27.0 Å². The van der Waals surface area contributed by atoms with E-state index in [1.54, 1.807) is 54.9 Å². The minimum atomic E-state index is -0.155. The lowest BCUT2D eigenvalue weighted by Crippen LogP contribution is -2.03. The molecule has 0 atom stereocenters. The van der Waals surface area contributed by atoms with Crippen molar-refractivity contribution in [3.63, 3.8) is 0 Å². The summed E-state index contributed by atoms with van der Waals surface area (Å²) in [7, 11) is 0. The number of aromatic nitrogens is 2. The number of pyridine rings is 2. The number of fused-ring (bicyclic) bond motifs is 2. The molecule has 2 aromatic heterocycles. The number of nitrogens with zero attached hydrogens (tertiary/aromatic N) is 2. The molecule has 2 amide bonds. The van der Waals surface area contributed by atoms with Crippen LogP contribution in [0.2, 0.25) is 20.1 Å². The molecule has 0 saturated heterocycles. The molecule has 4 heterocycles. The van der Waals surface area contributed by atoms with Crippen LogP contribution in [-0.2, 0) is 16.0 Å². The van der Waals surface area contributed by atoms with E-state index in [9.17, 15) is 14.4 Å². The first-order valence-corrected chi connectivity index (χ1v) is 12.8. The number of benzene rings is 2. The third-order valence-electron chi connectivity index (χ3n) is 5.36. The molecule has 2 aromatic carbocycles. The van der Waals surface area contributed by atoms with Gasteiger partial charge >= 0.3 is 0 Å². The molecule has 39 heavy (non-hydrogen) atoms. The zero-order valence-corrected chi connectivity index (χ0v) is 22.9. The second kappa shape index (κ2) is 12.9. The van der Waals surface area contributed by atoms with Crippen LogP contribution in [0.4, 0.5) is 11.4 Å². The van der Waals surface area contributed by atoms with Crippen LogP contribution in [0, 0.1) is 0 Å². The average Bonchev–Trinajstić information content (AvgIpc) is 3.42. The molecule has 0 spiro atoms. The number of aldehydes is 1. The quantitative estimate of drug-likeness (QED) is 0.186. The second-order valence-corrected chi connectivity index (χ2v) is 9.97. The first-order chi connectivity index (χ1) is 18.7. The third-order valence-corrected chi connectivity index (χ3v) is 6.24. The molecule has 2 aliphatic heterocycles. The molecule has 2 N–H and O–H groups in total. The molecule has 0 fully saturated rings. The van der Waals surface area contributed by atoms with Crippen LogP contribution >= 0.6 is 46.4 Å². The van der Waals surface area contributed by atoms with E-state index in [4.69, 9.17) is 46.4 Å². The van der Waals surface area contributed by atoms with Gasteiger partial charge in [0.2, 0.25) is 5.91 Å². The number of carbonyl (C=O) groups excluding carboxylic acids is 3. The summed E-state index contributed by atoms with van der Waals surface area (Å²) in [6, 6.07) is 14.0. The molecule has 0 radical (unpaired) electrons. The number of amides is 2. The van der Waals surface area contributed by atoms with E-state index in [-0.39, 0.29) is 11.8 Å². The van der Waals surface area contributed by atoms with Gasteiger partial charge in [0, 0.05) is 57.2 Å². The summed E-state index contributed by atoms with van der Waals surface area (Å²) in [6.07, 6.45) is 9.08. The summed E-state index contributed by atoms with van der Waals surface area (Å²) in [4.78, 5) is 40.6. The van der Waals surface area contributed by atoms with Crippen molar-refractivity contribution in [1.82, 2.24) is 9.97 Å². The van der Waals surface area contributed by atoms with Crippen molar-refractivity contribution in [2.45, 2.75) is 6.42 Å². The minimum Gasteiger partial charge on any atom is -0.325 e. The Bertz CT molecular complexity index is 1610. The molecule has 0 bridgehead atoms. The highest BCUT2D eigenvalue weighted by molar-refractivity contribution is 6.37. The largest absolute Gasteiger partial charge is 0.325 e. The van der Waals surface area contributed by atoms with Crippen LogP contribution in [-0.4, -0.2) is 28.1 Å². The van der Waals surface area contributed by atoms with Gasteiger partial charge in [-0.1, -0.05) is 58.5 Å². The topological polar surface area (TPSA) is 101 Å². The van der Waals surface area contributed by atoms with Gasteiger partial charge in [-0.2, -0.15) is 0 Å². The number of rotatable bonds is 2. The highest BCUT2D eigenvalue weighted by Crippen LogP contribution is 2.35. The zero-order valence-electron chi connectivity index (χ0n) is 19.9. The van der Waals surface area contributed by atoms with Gasteiger partial charge in [-0.25, -0.2) is 0 Å². The van der Waals surface area contributed by atoms with Crippen LogP contribution < -0.4 is 10.6 Å². The van der Waals surface area contributed by atoms with E-state index in [0.29, 0.717) is 43.9 Å². The van der Waals surface area contributed by atoms with Crippen molar-refractivity contribution in [1.29, 1.82) is 0 Å². The smallest absolute Gasteiger partial charge is 0.256 e. The zero-order chi connectivity index (χ0) is 27.9. The highest BCUT2D eigenvalue weighted by Gasteiger charge is 2.24. The standard InChI is InChI=1S/C14H8Cl2N2O.C8H6ClNO.C6H4ClNO/c15-9-1-2-11-12(14(19)18-13(11)5-9)4-8-3-10(16)7-17-6-8;9-6-2-1-5-3-8(11)10-7(5)4-6;7-6-1-5(4-9)2-8-3-6/h1-7H,(H,18,19);1-2,4H,3H2,(H,10,11);1-4H. The fraction of sp³-hybridized carbons (Fsp3) is 0.0357. The Hall–Kier alpha value is -3.75. The lowest BCUT2D eigenvalue weighted by atomic mass is 10.0. The minimum absolute atomic E-state index is 0.0438. The lowest BCUT2D eigenvalue weighted by Gasteiger charge is -1.99. The Morgan fingerprint density at radius 2 is 1.31 bits per heavy atom. The van der Waals surface area contributed by atoms with Crippen LogP contribution in [0.15, 0.2) is 73.3 Å². The van der Waals surface area contributed by atoms with Gasteiger partial charge in [-0.3, -0.25) is 24.4 Å². The van der Waals surface area contributed by atoms with Gasteiger partial charge < -0.3 is 10.6 Å². The highest BCUT2D eigenvalue weighted by atomic mass is 35.5. The monoisotopic (exact) mass is 598 g/mol. The Morgan fingerprint density at radius 1 is 0.692 bits per heavy atom. The van der Waals surface area contributed by atoms with Gasteiger partial charge in [-0.15, -0.1) is 0 Å². The normalized spacial score (nSPS) is 13.7. The van der Waals surface area contributed by atoms with Crippen molar-refractivity contribution in [2.75, 3.05) is 10.6 Å². The number of hydrogen-bond acceptors (Lipinski definition) is 5. The van der Waals surface area contributed by atoms with E-state index >= 15 is 0 Å². The number of anilines is 2. The van der Waals surface area contributed by atoms with Crippen LogP contribution in [0.5, 0.6) is 0 Å². The Balaban J connectivity index is 0.000000149. The third kappa shape index (κ3) is 7.65. The second-order valence-electron chi connectivity index (χ2n) is 8.22. The SMILES string of the molecule is O=C1Cc2ccc(Cl)cc2N1.O=C1Nc2cc(Cl)ccc2C1=Cc1cncc(Cl)c1.O=Cc1cncc(Cl)c1. The van der Waals surface area contributed by atoms with E-state index in [0.717, 1.165) is 28.1 Å². The maximum atomic E-state index is 12.0. The van der Waals surface area contributed by atoms with Crippen molar-refractivity contribution in [2.24, 2.45) is 0 Å². The molecular weight excluding hydrogens is 582 g/mol. The van der Waals surface area contributed by atoms with Crippen LogP contribution in [0.3, 0.4) is 0 Å². The molecule has 7 nitrogen and oxygen atoms in total. The molecular formula is C28H18Cl4N4O3.